The molecule has 1 N–H and O–H groups in total. The predicted molar refractivity (Wildman–Crippen MR) is 37.5 cm³/mol. The van der Waals surface area contributed by atoms with Crippen molar-refractivity contribution in [1.29, 1.82) is 0 Å². The number of hydrogen-bond acceptors (Lipinski definition) is 3. The third-order valence-corrected chi connectivity index (χ3v) is 1.28. The molecule has 0 aliphatic heterocycles. The van der Waals surface area contributed by atoms with Gasteiger partial charge in [0.15, 0.2) is 0 Å². The van der Waals surface area contributed by atoms with Crippen LogP contribution in [0, 0.1) is 6.07 Å². The zero-order chi connectivity index (χ0) is 8.32. The molecule has 0 aromatic heterocycles. The molecule has 4 nitrogen and oxygen atoms in total. The molecule has 5 heteroatoms. The van der Waals surface area contributed by atoms with E-state index in [4.69, 9.17) is 4.55 Å². The normalized spacial score (nSPS) is 11.0. The molecular weight excluding hydrogens is 168 g/mol. The quantitative estimate of drug-likeness (QED) is 0.667. The largest absolute Gasteiger partial charge is 0.446 e. The van der Waals surface area contributed by atoms with E-state index in [2.05, 4.69) is 10.2 Å². The van der Waals surface area contributed by atoms with Crippen molar-refractivity contribution in [1.82, 2.24) is 0 Å². The molecule has 0 saturated carbocycles. The maximum atomic E-state index is 10.1. The zero-order valence-corrected chi connectivity index (χ0v) is 6.21. The minimum absolute atomic E-state index is 0.0370. The lowest BCUT2D eigenvalue weighted by Crippen LogP contribution is -2.06. The van der Waals surface area contributed by atoms with Gasteiger partial charge >= 0.3 is 10.4 Å². The fourth-order valence-corrected chi connectivity index (χ4v) is 0.897. The summed E-state index contributed by atoms with van der Waals surface area (Å²) in [6, 6.07) is 8.40. The van der Waals surface area contributed by atoms with E-state index in [1.54, 1.807) is 12.1 Å². The molecule has 0 heterocycles. The van der Waals surface area contributed by atoms with E-state index in [-0.39, 0.29) is 5.75 Å². The topological polar surface area (TPSA) is 63.6 Å². The molecular formula is C6H5O4S. The minimum atomic E-state index is -4.40. The molecule has 0 spiro atoms. The van der Waals surface area contributed by atoms with E-state index in [0.717, 1.165) is 0 Å². The van der Waals surface area contributed by atoms with Gasteiger partial charge in [-0.25, -0.2) is 0 Å². The van der Waals surface area contributed by atoms with Crippen LogP contribution >= 0.6 is 0 Å². The van der Waals surface area contributed by atoms with Crippen molar-refractivity contribution >= 4 is 10.4 Å². The van der Waals surface area contributed by atoms with Gasteiger partial charge in [0.1, 0.15) is 5.75 Å². The summed E-state index contributed by atoms with van der Waals surface area (Å²) < 4.78 is 32.5. The fraction of sp³-hybridized carbons (Fsp3) is 0. The highest BCUT2D eigenvalue weighted by Crippen LogP contribution is 2.09. The van der Waals surface area contributed by atoms with Gasteiger partial charge in [-0.15, -0.1) is 0 Å². The highest BCUT2D eigenvalue weighted by molar-refractivity contribution is 7.81. The van der Waals surface area contributed by atoms with Crippen LogP contribution in [0.1, 0.15) is 0 Å². The minimum Gasteiger partial charge on any atom is -0.362 e. The van der Waals surface area contributed by atoms with Crippen molar-refractivity contribution in [3.05, 3.63) is 30.3 Å². The highest BCUT2D eigenvalue weighted by atomic mass is 32.3. The van der Waals surface area contributed by atoms with Crippen molar-refractivity contribution in [3.63, 3.8) is 0 Å². The standard InChI is InChI=1S/C6H5O4S/c7-11(8,9)10-6-4-2-1-3-5-6/h1-2,4-5H,(H,7,8,9). The van der Waals surface area contributed by atoms with Gasteiger partial charge in [0.25, 0.3) is 0 Å². The van der Waals surface area contributed by atoms with Crippen molar-refractivity contribution in [2.45, 2.75) is 0 Å². The lowest BCUT2D eigenvalue weighted by atomic mass is 10.3. The van der Waals surface area contributed by atoms with E-state index in [0.29, 0.717) is 0 Å². The van der Waals surface area contributed by atoms with Gasteiger partial charge in [-0.1, -0.05) is 12.1 Å². The van der Waals surface area contributed by atoms with Crippen LogP contribution in [-0.2, 0) is 10.4 Å². The first kappa shape index (κ1) is 8.03. The van der Waals surface area contributed by atoms with Crippen molar-refractivity contribution < 1.29 is 17.2 Å². The van der Waals surface area contributed by atoms with Gasteiger partial charge in [-0.05, 0) is 18.2 Å². The fourth-order valence-electron chi connectivity index (χ4n) is 0.550. The summed E-state index contributed by atoms with van der Waals surface area (Å²) in [5.41, 5.74) is 0. The summed E-state index contributed by atoms with van der Waals surface area (Å²) in [5.74, 6) is 0.0370. The Balaban J connectivity index is 2.82. The van der Waals surface area contributed by atoms with Crippen LogP contribution in [0.5, 0.6) is 5.75 Å². The molecule has 1 aromatic carbocycles. The van der Waals surface area contributed by atoms with E-state index in [9.17, 15) is 8.42 Å². The van der Waals surface area contributed by atoms with Gasteiger partial charge in [-0.2, -0.15) is 8.42 Å². The molecule has 1 radical (unpaired) electrons. The monoisotopic (exact) mass is 173 g/mol. The Hall–Kier alpha value is -1.07. The Kier molecular flexibility index (Phi) is 2.11. The second-order valence-electron chi connectivity index (χ2n) is 1.75. The molecule has 1 rings (SSSR count). The van der Waals surface area contributed by atoms with Crippen LogP contribution in [0.25, 0.3) is 0 Å². The van der Waals surface area contributed by atoms with Gasteiger partial charge in [0.2, 0.25) is 0 Å². The summed E-state index contributed by atoms with van der Waals surface area (Å²) in [6.07, 6.45) is 0. The van der Waals surface area contributed by atoms with E-state index >= 15 is 0 Å². The number of benzene rings is 1. The van der Waals surface area contributed by atoms with Crippen LogP contribution in [0.15, 0.2) is 24.3 Å². The SMILES string of the molecule is O=S(=O)(O)Oc1c[c]ccc1. The molecule has 59 valence electrons. The highest BCUT2D eigenvalue weighted by Gasteiger charge is 2.04. The van der Waals surface area contributed by atoms with Crippen LogP contribution in [0.3, 0.4) is 0 Å². The first-order chi connectivity index (χ1) is 5.08. The van der Waals surface area contributed by atoms with Crippen molar-refractivity contribution in [2.75, 3.05) is 0 Å². The summed E-state index contributed by atoms with van der Waals surface area (Å²) in [7, 11) is -4.40. The maximum Gasteiger partial charge on any atom is 0.446 e. The Bertz CT molecular complexity index is 316. The van der Waals surface area contributed by atoms with Crippen LogP contribution in [0.4, 0.5) is 0 Å². The Morgan fingerprint density at radius 1 is 1.55 bits per heavy atom. The summed E-state index contributed by atoms with van der Waals surface area (Å²) in [4.78, 5) is 0. The van der Waals surface area contributed by atoms with Crippen LogP contribution < -0.4 is 4.18 Å². The molecule has 0 aliphatic rings. The van der Waals surface area contributed by atoms with Crippen LogP contribution in [-0.4, -0.2) is 13.0 Å². The molecule has 0 amide bonds. The molecule has 0 bridgehead atoms. The smallest absolute Gasteiger partial charge is 0.362 e. The average molecular weight is 173 g/mol. The lowest BCUT2D eigenvalue weighted by molar-refractivity contribution is 0.387. The second-order valence-corrected chi connectivity index (χ2v) is 2.77. The maximum absolute atomic E-state index is 10.1. The van der Waals surface area contributed by atoms with E-state index < -0.39 is 10.4 Å². The Labute approximate surface area is 64.4 Å². The third-order valence-electron chi connectivity index (χ3n) is 0.880. The van der Waals surface area contributed by atoms with Gasteiger partial charge < -0.3 is 4.18 Å². The van der Waals surface area contributed by atoms with Gasteiger partial charge in [0.05, 0.1) is 0 Å². The second kappa shape index (κ2) is 2.89. The lowest BCUT2D eigenvalue weighted by Gasteiger charge is -1.98. The van der Waals surface area contributed by atoms with Gasteiger partial charge in [-0.3, -0.25) is 4.55 Å². The third kappa shape index (κ3) is 3.01. The summed E-state index contributed by atoms with van der Waals surface area (Å²) >= 11 is 0. The zero-order valence-electron chi connectivity index (χ0n) is 5.39. The molecule has 0 aliphatic carbocycles. The van der Waals surface area contributed by atoms with Crippen molar-refractivity contribution in [3.8, 4) is 5.75 Å². The molecule has 0 saturated heterocycles. The number of hydrogen-bond donors (Lipinski definition) is 1. The molecule has 0 unspecified atom stereocenters. The number of rotatable bonds is 2. The average Bonchev–Trinajstić information content (AvgIpc) is 1.85. The molecule has 11 heavy (non-hydrogen) atoms. The van der Waals surface area contributed by atoms with E-state index in [1.165, 1.54) is 12.1 Å². The van der Waals surface area contributed by atoms with Crippen LogP contribution in [0.2, 0.25) is 0 Å². The Morgan fingerprint density at radius 2 is 2.27 bits per heavy atom. The molecule has 1 aromatic rings. The molecule has 0 atom stereocenters. The summed E-state index contributed by atoms with van der Waals surface area (Å²) in [6.45, 7) is 0. The first-order valence-corrected chi connectivity index (χ1v) is 4.07. The predicted octanol–water partition coefficient (Wildman–Crippen LogP) is 0.668. The first-order valence-electron chi connectivity index (χ1n) is 2.71. The van der Waals surface area contributed by atoms with Gasteiger partial charge in [0, 0.05) is 0 Å². The Morgan fingerprint density at radius 3 is 2.73 bits per heavy atom. The van der Waals surface area contributed by atoms with Crippen molar-refractivity contribution in [2.24, 2.45) is 0 Å². The molecule has 0 fully saturated rings. The summed E-state index contributed by atoms with van der Waals surface area (Å²) in [5, 5.41) is 0. The van der Waals surface area contributed by atoms with E-state index in [1.807, 2.05) is 0 Å².